The molecule has 0 aliphatic heterocycles. The summed E-state index contributed by atoms with van der Waals surface area (Å²) >= 11 is 1.86. The Hall–Kier alpha value is -9.51. The summed E-state index contributed by atoms with van der Waals surface area (Å²) in [5, 5.41) is 11.6. The smallest absolute Gasteiger partial charge is 0.330 e. The van der Waals surface area contributed by atoms with E-state index < -0.39 is 0 Å². The van der Waals surface area contributed by atoms with Crippen LogP contribution in [0.1, 0.15) is 186 Å². The van der Waals surface area contributed by atoms with Crippen LogP contribution in [0.15, 0.2) is 206 Å². The summed E-state index contributed by atoms with van der Waals surface area (Å²) in [4.78, 5) is 13.6. The molecule has 7 heterocycles. The molecule has 0 saturated carbocycles. The lowest BCUT2D eigenvalue weighted by molar-refractivity contribution is -0.663. The summed E-state index contributed by atoms with van der Waals surface area (Å²) in [6.45, 7) is 57.1. The summed E-state index contributed by atoms with van der Waals surface area (Å²) < 4.78 is 19.3. The van der Waals surface area contributed by atoms with E-state index in [1.165, 1.54) is 103 Å². The number of furan rings is 1. The number of thiophene rings is 1. The highest BCUT2D eigenvalue weighted by Gasteiger charge is 2.22. The largest absolute Gasteiger partial charge is 0.456 e. The van der Waals surface area contributed by atoms with E-state index in [4.69, 9.17) is 4.42 Å². The molecular formula is C94H132N8OS+4. The van der Waals surface area contributed by atoms with Crippen molar-refractivity contribution in [2.24, 2.45) is 35.2 Å². The van der Waals surface area contributed by atoms with Gasteiger partial charge >= 0.3 is 17.5 Å². The zero-order valence-corrected chi connectivity index (χ0v) is 71.3. The fourth-order valence-corrected chi connectivity index (χ4v) is 13.0. The van der Waals surface area contributed by atoms with Gasteiger partial charge in [0.25, 0.3) is 0 Å². The molecule has 0 spiro atoms. The molecule has 0 aliphatic rings. The normalized spacial score (nSPS) is 9.59. The summed E-state index contributed by atoms with van der Waals surface area (Å²) in [6.07, 6.45) is 13.7. The standard InChI is InChI=1S/C19H18N3.C18H15N2O.C18H15N2S.C17H18N.11C2H6/c1-13-11-18-16(14-7-4-5-8-17(14)22(18)3)12-15(13)19-20-9-6-10-21(19)2;2*1-12-10-17-15(13-6-3-4-7-16(13)21-17)11-14(12)18-19-8-5-9-20(18)2;1-11-7-5-8-14-12(2)13(3)15-9-6-10-18(4)17(15)16(11)14;11*1-2/h4-12H,1-3H3;2*3-11H,1-2H3;5-10H,1-4H3;11*1-2H3/q4*+1;;;;;;;;;;;. The third-order valence-corrected chi connectivity index (χ3v) is 17.4. The van der Waals surface area contributed by atoms with Gasteiger partial charge in [-0.2, -0.15) is 0 Å². The number of hydrogen-bond donors (Lipinski definition) is 0. The molecule has 104 heavy (non-hydrogen) atoms. The molecule has 8 aromatic carbocycles. The molecule has 0 amide bonds. The quantitative estimate of drug-likeness (QED) is 0.131. The van der Waals surface area contributed by atoms with Crippen molar-refractivity contribution in [2.75, 3.05) is 0 Å². The third-order valence-electron chi connectivity index (χ3n) is 16.3. The van der Waals surface area contributed by atoms with E-state index >= 15 is 0 Å². The Kier molecular flexibility index (Phi) is 43.8. The fraction of sp³-hybridized carbons (Fsp3) is 0.351. The molecule has 9 nitrogen and oxygen atoms in total. The molecule has 0 aliphatic carbocycles. The van der Waals surface area contributed by atoms with Gasteiger partial charge in [0.2, 0.25) is 5.52 Å². The molecule has 10 heteroatoms. The Labute approximate surface area is 633 Å². The summed E-state index contributed by atoms with van der Waals surface area (Å²) in [7, 11) is 10.3. The molecule has 15 aromatic rings. The fourth-order valence-electron chi connectivity index (χ4n) is 11.8. The van der Waals surface area contributed by atoms with Gasteiger partial charge in [-0.1, -0.05) is 225 Å². The Balaban J connectivity index is 0.000000636. The number of rotatable bonds is 3. The zero-order valence-electron chi connectivity index (χ0n) is 70.4. The van der Waals surface area contributed by atoms with Crippen molar-refractivity contribution in [3.05, 3.63) is 234 Å². The van der Waals surface area contributed by atoms with Crippen molar-refractivity contribution >= 4 is 96.9 Å². The van der Waals surface area contributed by atoms with Gasteiger partial charge in [0, 0.05) is 84.1 Å². The molecular weight excluding hydrogens is 1290 g/mol. The molecule has 7 aromatic heterocycles. The number of fused-ring (bicyclic) bond motifs is 12. The summed E-state index contributed by atoms with van der Waals surface area (Å²) in [6, 6.07) is 55.4. The molecule has 0 bridgehead atoms. The minimum atomic E-state index is 0.925. The minimum absolute atomic E-state index is 0.925. The van der Waals surface area contributed by atoms with E-state index in [2.05, 4.69) is 216 Å². The average Bonchev–Trinajstić information content (AvgIpc) is 1.48. The van der Waals surface area contributed by atoms with Gasteiger partial charge in [0.1, 0.15) is 36.8 Å². The number of para-hydroxylation sites is 2. The summed E-state index contributed by atoms with van der Waals surface area (Å²) in [5.41, 5.74) is 17.1. The Morgan fingerprint density at radius 1 is 0.308 bits per heavy atom. The Morgan fingerprint density at radius 3 is 1.23 bits per heavy atom. The van der Waals surface area contributed by atoms with Gasteiger partial charge in [-0.05, 0) is 156 Å². The number of aromatic nitrogens is 8. The number of benzene rings is 8. The first-order chi connectivity index (χ1) is 50.7. The van der Waals surface area contributed by atoms with Crippen LogP contribution < -0.4 is 18.3 Å². The lowest BCUT2D eigenvalue weighted by atomic mass is 9.93. The highest BCUT2D eigenvalue weighted by Crippen LogP contribution is 2.39. The topological polar surface area (TPSA) is 72.3 Å². The van der Waals surface area contributed by atoms with Crippen LogP contribution in [0, 0.1) is 41.5 Å². The van der Waals surface area contributed by atoms with Crippen molar-refractivity contribution in [1.29, 1.82) is 0 Å². The van der Waals surface area contributed by atoms with Gasteiger partial charge in [0.15, 0.2) is 6.20 Å². The lowest BCUT2D eigenvalue weighted by Crippen LogP contribution is -2.31. The molecule has 0 atom stereocenters. The van der Waals surface area contributed by atoms with E-state index in [1.807, 2.05) is 263 Å². The first-order valence-corrected chi connectivity index (χ1v) is 39.6. The van der Waals surface area contributed by atoms with Crippen molar-refractivity contribution in [3.63, 3.8) is 0 Å². The number of hydrogen-bond acceptors (Lipinski definition) is 5. The van der Waals surface area contributed by atoms with Crippen LogP contribution in [0.5, 0.6) is 0 Å². The van der Waals surface area contributed by atoms with Gasteiger partial charge in [-0.15, -0.1) is 11.3 Å². The van der Waals surface area contributed by atoms with Crippen molar-refractivity contribution in [1.82, 2.24) is 19.5 Å². The maximum atomic E-state index is 5.93. The molecule has 0 fully saturated rings. The molecule has 0 radical (unpaired) electrons. The second-order valence-electron chi connectivity index (χ2n) is 21.6. The monoisotopic (exact) mass is 1420 g/mol. The molecule has 15 rings (SSSR count). The van der Waals surface area contributed by atoms with E-state index in [0.29, 0.717) is 0 Å². The molecule has 0 saturated heterocycles. The van der Waals surface area contributed by atoms with E-state index in [-0.39, 0.29) is 0 Å². The van der Waals surface area contributed by atoms with Crippen LogP contribution in [0.2, 0.25) is 0 Å². The number of nitrogens with zero attached hydrogens (tertiary/aromatic N) is 8. The molecule has 0 unspecified atom stereocenters. The number of pyridine rings is 1. The first-order valence-electron chi connectivity index (χ1n) is 38.8. The second kappa shape index (κ2) is 49.2. The van der Waals surface area contributed by atoms with Gasteiger partial charge < -0.3 is 8.98 Å². The zero-order chi connectivity index (χ0) is 78.9. The van der Waals surface area contributed by atoms with Gasteiger partial charge in [0.05, 0.1) is 67.2 Å². The maximum absolute atomic E-state index is 5.93. The SMILES string of the molecule is CC.CC.CC.CC.CC.CC.CC.CC.CC.CC.CC.Cc1c(C)c2ccc[n+](C)c2c2c(C)cccc12.Cc1cc2c(cc1-c1nccc[n+]1C)c1ccccc1n2C.Cc1cc2oc3ccccc3c2cc1-c1nccc[n+]1C.Cc1cc2sc3ccccc3c2cc1-c1nccc[n+]1C. The van der Waals surface area contributed by atoms with Crippen molar-refractivity contribution in [3.8, 4) is 34.2 Å². The Morgan fingerprint density at radius 2 is 0.712 bits per heavy atom. The molecule has 0 N–H and O–H groups in total. The lowest BCUT2D eigenvalue weighted by Gasteiger charge is -2.11. The second-order valence-corrected chi connectivity index (χ2v) is 22.7. The van der Waals surface area contributed by atoms with Crippen LogP contribution in [-0.2, 0) is 35.2 Å². The van der Waals surface area contributed by atoms with Crippen LogP contribution in [0.4, 0.5) is 0 Å². The third kappa shape index (κ3) is 21.8. The van der Waals surface area contributed by atoms with E-state index in [9.17, 15) is 0 Å². The van der Waals surface area contributed by atoms with E-state index in [0.717, 1.165) is 50.5 Å². The average molecular weight is 1420 g/mol. The number of aryl methyl sites for hydroxylation is 11. The van der Waals surface area contributed by atoms with Crippen molar-refractivity contribution < 1.29 is 22.7 Å². The van der Waals surface area contributed by atoms with E-state index in [1.54, 1.807) is 0 Å². The van der Waals surface area contributed by atoms with Crippen LogP contribution in [-0.4, -0.2) is 19.5 Å². The molecule has 556 valence electrons. The van der Waals surface area contributed by atoms with Crippen LogP contribution in [0.25, 0.3) is 120 Å². The summed E-state index contributed by atoms with van der Waals surface area (Å²) in [5.74, 6) is 2.96. The highest BCUT2D eigenvalue weighted by atomic mass is 32.1. The predicted octanol–water partition coefficient (Wildman–Crippen LogP) is 26.6. The Bertz CT molecular complexity index is 4750. The van der Waals surface area contributed by atoms with Crippen LogP contribution >= 0.6 is 11.3 Å². The van der Waals surface area contributed by atoms with Crippen molar-refractivity contribution in [2.45, 2.75) is 194 Å². The van der Waals surface area contributed by atoms with Gasteiger partial charge in [-0.3, -0.25) is 0 Å². The predicted molar refractivity (Wildman–Crippen MR) is 463 cm³/mol. The minimum Gasteiger partial charge on any atom is -0.456 e. The highest BCUT2D eigenvalue weighted by molar-refractivity contribution is 7.25. The first kappa shape index (κ1) is 92.5. The van der Waals surface area contributed by atoms with Crippen LogP contribution in [0.3, 0.4) is 0 Å². The maximum Gasteiger partial charge on any atom is 0.330 e. The van der Waals surface area contributed by atoms with Gasteiger partial charge in [-0.25, -0.2) is 18.3 Å².